The summed E-state index contributed by atoms with van der Waals surface area (Å²) in [5.41, 5.74) is 7.69. The molecule has 0 aliphatic heterocycles. The van der Waals surface area contributed by atoms with Crippen LogP contribution in [-0.2, 0) is 0 Å². The molecule has 24 heavy (non-hydrogen) atoms. The molecule has 7 nitrogen and oxygen atoms in total. The first-order chi connectivity index (χ1) is 11.6. The standard InChI is InChI=1S/C17H15N5O2/c1-11-12(5-4-9-19-11)17(24)20-13-6-2-3-7-15(13)22-10-8-14(21-22)16(18)23/h2-10H,1H3,(H2,18,23)(H,20,24). The van der Waals surface area contributed by atoms with E-state index in [-0.39, 0.29) is 11.6 Å². The van der Waals surface area contributed by atoms with Gasteiger partial charge in [0.2, 0.25) is 0 Å². The highest BCUT2D eigenvalue weighted by molar-refractivity contribution is 6.05. The predicted octanol–water partition coefficient (Wildman–Crippen LogP) is 1.93. The largest absolute Gasteiger partial charge is 0.364 e. The summed E-state index contributed by atoms with van der Waals surface area (Å²) in [7, 11) is 0. The maximum atomic E-state index is 12.5. The average Bonchev–Trinajstić information content (AvgIpc) is 3.06. The molecule has 0 spiro atoms. The number of amides is 2. The van der Waals surface area contributed by atoms with Crippen LogP contribution in [0.3, 0.4) is 0 Å². The van der Waals surface area contributed by atoms with E-state index in [4.69, 9.17) is 5.73 Å². The number of para-hydroxylation sites is 2. The highest BCUT2D eigenvalue weighted by Gasteiger charge is 2.13. The van der Waals surface area contributed by atoms with Crippen molar-refractivity contribution in [1.29, 1.82) is 0 Å². The van der Waals surface area contributed by atoms with Gasteiger partial charge in [0.05, 0.1) is 16.9 Å². The number of carbonyl (C=O) groups is 2. The first-order valence-electron chi connectivity index (χ1n) is 7.24. The summed E-state index contributed by atoms with van der Waals surface area (Å²) in [5, 5.41) is 6.97. The zero-order chi connectivity index (χ0) is 17.1. The van der Waals surface area contributed by atoms with Gasteiger partial charge in [-0.1, -0.05) is 12.1 Å². The Hall–Kier alpha value is -3.48. The molecule has 3 rings (SSSR count). The van der Waals surface area contributed by atoms with Gasteiger partial charge >= 0.3 is 0 Å². The highest BCUT2D eigenvalue weighted by Crippen LogP contribution is 2.20. The quantitative estimate of drug-likeness (QED) is 0.766. The van der Waals surface area contributed by atoms with Crippen molar-refractivity contribution in [1.82, 2.24) is 14.8 Å². The normalized spacial score (nSPS) is 10.4. The number of hydrogen-bond donors (Lipinski definition) is 2. The van der Waals surface area contributed by atoms with Gasteiger partial charge in [0.25, 0.3) is 11.8 Å². The van der Waals surface area contributed by atoms with Gasteiger partial charge in [0.1, 0.15) is 5.69 Å². The average molecular weight is 321 g/mol. The molecule has 0 saturated heterocycles. The molecule has 1 aromatic carbocycles. The van der Waals surface area contributed by atoms with Crippen LogP contribution in [0.5, 0.6) is 0 Å². The predicted molar refractivity (Wildman–Crippen MR) is 89.0 cm³/mol. The smallest absolute Gasteiger partial charge is 0.269 e. The minimum atomic E-state index is -0.610. The Bertz CT molecular complexity index is 917. The molecule has 0 aliphatic rings. The number of rotatable bonds is 4. The molecular weight excluding hydrogens is 306 g/mol. The second-order valence-electron chi connectivity index (χ2n) is 5.12. The molecule has 0 radical (unpaired) electrons. The van der Waals surface area contributed by atoms with Crippen LogP contribution in [0.25, 0.3) is 5.69 Å². The van der Waals surface area contributed by atoms with Crippen LogP contribution >= 0.6 is 0 Å². The summed E-state index contributed by atoms with van der Waals surface area (Å²) < 4.78 is 1.49. The van der Waals surface area contributed by atoms with Gasteiger partial charge in [0, 0.05) is 18.1 Å². The third-order valence-electron chi connectivity index (χ3n) is 3.49. The molecule has 2 amide bonds. The monoisotopic (exact) mass is 321 g/mol. The van der Waals surface area contributed by atoms with Crippen LogP contribution in [0.2, 0.25) is 0 Å². The molecule has 3 aromatic rings. The van der Waals surface area contributed by atoms with Crippen molar-refractivity contribution in [3.8, 4) is 5.69 Å². The Morgan fingerprint density at radius 1 is 1.12 bits per heavy atom. The number of nitrogens with two attached hydrogens (primary N) is 1. The molecular formula is C17H15N5O2. The molecule has 0 saturated carbocycles. The van der Waals surface area contributed by atoms with Gasteiger partial charge in [-0.2, -0.15) is 5.10 Å². The highest BCUT2D eigenvalue weighted by atomic mass is 16.2. The molecule has 0 aliphatic carbocycles. The van der Waals surface area contributed by atoms with E-state index in [1.165, 1.54) is 10.7 Å². The minimum absolute atomic E-state index is 0.152. The van der Waals surface area contributed by atoms with Crippen LogP contribution in [0.15, 0.2) is 54.9 Å². The number of pyridine rings is 1. The van der Waals surface area contributed by atoms with Crippen LogP contribution in [0.4, 0.5) is 5.69 Å². The van der Waals surface area contributed by atoms with E-state index in [0.29, 0.717) is 22.6 Å². The first kappa shape index (κ1) is 15.4. The number of carbonyl (C=O) groups excluding carboxylic acids is 2. The number of anilines is 1. The lowest BCUT2D eigenvalue weighted by atomic mass is 10.2. The number of aryl methyl sites for hydroxylation is 1. The van der Waals surface area contributed by atoms with Gasteiger partial charge < -0.3 is 11.1 Å². The van der Waals surface area contributed by atoms with Crippen molar-refractivity contribution in [2.75, 3.05) is 5.32 Å². The van der Waals surface area contributed by atoms with Crippen LogP contribution in [0, 0.1) is 6.92 Å². The Morgan fingerprint density at radius 3 is 2.62 bits per heavy atom. The number of primary amides is 1. The van der Waals surface area contributed by atoms with Crippen molar-refractivity contribution in [3.63, 3.8) is 0 Å². The fourth-order valence-electron chi connectivity index (χ4n) is 2.28. The van der Waals surface area contributed by atoms with E-state index in [0.717, 1.165) is 0 Å². The van der Waals surface area contributed by atoms with Crippen molar-refractivity contribution in [2.24, 2.45) is 5.73 Å². The Kier molecular flexibility index (Phi) is 4.07. The zero-order valence-corrected chi connectivity index (χ0v) is 12.9. The summed E-state index contributed by atoms with van der Waals surface area (Å²) >= 11 is 0. The van der Waals surface area contributed by atoms with Crippen LogP contribution in [-0.4, -0.2) is 26.6 Å². The van der Waals surface area contributed by atoms with E-state index < -0.39 is 5.91 Å². The van der Waals surface area contributed by atoms with E-state index in [1.807, 2.05) is 6.07 Å². The van der Waals surface area contributed by atoms with E-state index in [9.17, 15) is 9.59 Å². The van der Waals surface area contributed by atoms with E-state index in [2.05, 4.69) is 15.4 Å². The third-order valence-corrected chi connectivity index (χ3v) is 3.49. The lowest BCUT2D eigenvalue weighted by Crippen LogP contribution is -2.16. The fraction of sp³-hybridized carbons (Fsp3) is 0.0588. The summed E-state index contributed by atoms with van der Waals surface area (Å²) in [6, 6.07) is 12.1. The maximum Gasteiger partial charge on any atom is 0.269 e. The lowest BCUT2D eigenvalue weighted by Gasteiger charge is -2.11. The molecule has 0 atom stereocenters. The number of benzene rings is 1. The second kappa shape index (κ2) is 6.33. The van der Waals surface area contributed by atoms with Gasteiger partial charge in [-0.25, -0.2) is 4.68 Å². The van der Waals surface area contributed by atoms with Crippen LogP contribution in [0.1, 0.15) is 26.5 Å². The zero-order valence-electron chi connectivity index (χ0n) is 12.9. The molecule has 0 fully saturated rings. The van der Waals surface area contributed by atoms with Gasteiger partial charge in [-0.05, 0) is 37.3 Å². The molecule has 3 N–H and O–H groups in total. The van der Waals surface area contributed by atoms with Gasteiger partial charge in [0.15, 0.2) is 0 Å². The Balaban J connectivity index is 1.93. The lowest BCUT2D eigenvalue weighted by molar-refractivity contribution is 0.0992. The molecule has 2 aromatic heterocycles. The summed E-state index contributed by atoms with van der Waals surface area (Å²) in [6.07, 6.45) is 3.25. The van der Waals surface area contributed by atoms with Crippen molar-refractivity contribution in [2.45, 2.75) is 6.92 Å². The van der Waals surface area contributed by atoms with Crippen LogP contribution < -0.4 is 11.1 Å². The Labute approximate surface area is 138 Å². The first-order valence-corrected chi connectivity index (χ1v) is 7.24. The molecule has 0 unspecified atom stereocenters. The summed E-state index contributed by atoms with van der Waals surface area (Å²) in [4.78, 5) is 27.8. The fourth-order valence-corrected chi connectivity index (χ4v) is 2.28. The maximum absolute atomic E-state index is 12.5. The van der Waals surface area contributed by atoms with Crippen molar-refractivity contribution in [3.05, 3.63) is 71.8 Å². The number of nitrogens with one attached hydrogen (secondary N) is 1. The van der Waals surface area contributed by atoms with Crippen molar-refractivity contribution >= 4 is 17.5 Å². The number of hydrogen-bond acceptors (Lipinski definition) is 4. The molecule has 2 heterocycles. The SMILES string of the molecule is Cc1ncccc1C(=O)Nc1ccccc1-n1ccc(C(N)=O)n1. The molecule has 7 heteroatoms. The van der Waals surface area contributed by atoms with Crippen molar-refractivity contribution < 1.29 is 9.59 Å². The number of aromatic nitrogens is 3. The number of nitrogens with zero attached hydrogens (tertiary/aromatic N) is 3. The molecule has 120 valence electrons. The second-order valence-corrected chi connectivity index (χ2v) is 5.12. The van der Waals surface area contributed by atoms with Gasteiger partial charge in [-0.15, -0.1) is 0 Å². The topological polar surface area (TPSA) is 103 Å². The van der Waals surface area contributed by atoms with E-state index >= 15 is 0 Å². The third kappa shape index (κ3) is 3.00. The van der Waals surface area contributed by atoms with E-state index in [1.54, 1.807) is 49.6 Å². The van der Waals surface area contributed by atoms with Gasteiger partial charge in [-0.3, -0.25) is 14.6 Å². The molecule has 0 bridgehead atoms. The Morgan fingerprint density at radius 2 is 1.92 bits per heavy atom. The minimum Gasteiger partial charge on any atom is -0.364 e. The summed E-state index contributed by atoms with van der Waals surface area (Å²) in [6.45, 7) is 1.77. The summed E-state index contributed by atoms with van der Waals surface area (Å²) in [5.74, 6) is -0.878.